The first-order valence-electron chi connectivity index (χ1n) is 5.54. The van der Waals surface area contributed by atoms with Gasteiger partial charge in [-0.15, -0.1) is 0 Å². The van der Waals surface area contributed by atoms with Crippen molar-refractivity contribution in [1.29, 1.82) is 0 Å². The van der Waals surface area contributed by atoms with Gasteiger partial charge in [-0.1, -0.05) is 20.3 Å². The highest BCUT2D eigenvalue weighted by molar-refractivity contribution is 4.92. The second-order valence-electron chi connectivity index (χ2n) is 5.12. The van der Waals surface area contributed by atoms with Crippen molar-refractivity contribution < 1.29 is 18.3 Å². The molecule has 1 saturated carbocycles. The van der Waals surface area contributed by atoms with E-state index in [0.29, 0.717) is 12.3 Å². The van der Waals surface area contributed by atoms with Crippen molar-refractivity contribution in [1.82, 2.24) is 0 Å². The lowest BCUT2D eigenvalue weighted by atomic mass is 9.75. The van der Waals surface area contributed by atoms with Crippen molar-refractivity contribution in [3.05, 3.63) is 0 Å². The van der Waals surface area contributed by atoms with Gasteiger partial charge in [-0.25, -0.2) is 0 Å². The van der Waals surface area contributed by atoms with E-state index < -0.39 is 11.8 Å². The fourth-order valence-corrected chi connectivity index (χ4v) is 2.49. The van der Waals surface area contributed by atoms with Gasteiger partial charge in [0.1, 0.15) is 0 Å². The highest BCUT2D eigenvalue weighted by atomic mass is 19.4. The SMILES string of the molecule is CC(C)CC1CCCC(O)(C(F)(F)F)C1. The number of hydrogen-bond acceptors (Lipinski definition) is 1. The Morgan fingerprint density at radius 2 is 2.00 bits per heavy atom. The Morgan fingerprint density at radius 3 is 2.47 bits per heavy atom. The first kappa shape index (κ1) is 12.8. The third-order valence-electron chi connectivity index (χ3n) is 3.16. The molecule has 90 valence electrons. The molecule has 1 rings (SSSR count). The average Bonchev–Trinajstić information content (AvgIpc) is 2.00. The lowest BCUT2D eigenvalue weighted by Gasteiger charge is -2.38. The van der Waals surface area contributed by atoms with Crippen molar-refractivity contribution in [3.8, 4) is 0 Å². The zero-order chi connectivity index (χ0) is 11.7. The molecule has 15 heavy (non-hydrogen) atoms. The van der Waals surface area contributed by atoms with Crippen LogP contribution in [-0.2, 0) is 0 Å². The van der Waals surface area contributed by atoms with Crippen LogP contribution in [0.3, 0.4) is 0 Å². The summed E-state index contributed by atoms with van der Waals surface area (Å²) in [5.41, 5.74) is -2.43. The number of aliphatic hydroxyl groups is 1. The lowest BCUT2D eigenvalue weighted by molar-refractivity contribution is -0.274. The quantitative estimate of drug-likeness (QED) is 0.761. The van der Waals surface area contributed by atoms with E-state index >= 15 is 0 Å². The van der Waals surface area contributed by atoms with Crippen molar-refractivity contribution in [2.75, 3.05) is 0 Å². The molecule has 0 aromatic carbocycles. The van der Waals surface area contributed by atoms with E-state index in [4.69, 9.17) is 0 Å². The Hall–Kier alpha value is -0.250. The average molecular weight is 224 g/mol. The summed E-state index contributed by atoms with van der Waals surface area (Å²) in [6, 6.07) is 0. The van der Waals surface area contributed by atoms with Gasteiger partial charge >= 0.3 is 6.18 Å². The van der Waals surface area contributed by atoms with Crippen LogP contribution in [0.2, 0.25) is 0 Å². The number of alkyl halides is 3. The van der Waals surface area contributed by atoms with E-state index in [0.717, 1.165) is 12.8 Å². The minimum Gasteiger partial charge on any atom is -0.380 e. The zero-order valence-corrected chi connectivity index (χ0v) is 9.27. The smallest absolute Gasteiger partial charge is 0.380 e. The molecule has 1 N–H and O–H groups in total. The minimum atomic E-state index is -4.47. The fourth-order valence-electron chi connectivity index (χ4n) is 2.49. The molecule has 0 aliphatic heterocycles. The molecule has 0 aromatic heterocycles. The van der Waals surface area contributed by atoms with Gasteiger partial charge in [0.15, 0.2) is 5.60 Å². The first-order valence-corrected chi connectivity index (χ1v) is 5.54. The summed E-state index contributed by atoms with van der Waals surface area (Å²) < 4.78 is 37.8. The maximum atomic E-state index is 12.6. The van der Waals surface area contributed by atoms with E-state index in [1.807, 2.05) is 13.8 Å². The van der Waals surface area contributed by atoms with Crippen molar-refractivity contribution >= 4 is 0 Å². The van der Waals surface area contributed by atoms with Crippen molar-refractivity contribution in [2.24, 2.45) is 11.8 Å². The highest BCUT2D eigenvalue weighted by Crippen LogP contribution is 2.44. The topological polar surface area (TPSA) is 20.2 Å². The Balaban J connectivity index is 2.63. The van der Waals surface area contributed by atoms with Crippen molar-refractivity contribution in [3.63, 3.8) is 0 Å². The number of hydrogen-bond donors (Lipinski definition) is 1. The molecule has 0 spiro atoms. The van der Waals surface area contributed by atoms with Crippen LogP contribution in [0.25, 0.3) is 0 Å². The van der Waals surface area contributed by atoms with Crippen LogP contribution in [-0.4, -0.2) is 16.9 Å². The van der Waals surface area contributed by atoms with Gasteiger partial charge in [-0.3, -0.25) is 0 Å². The van der Waals surface area contributed by atoms with Crippen LogP contribution in [0, 0.1) is 11.8 Å². The summed E-state index contributed by atoms with van der Waals surface area (Å²) in [7, 11) is 0. The van der Waals surface area contributed by atoms with Gasteiger partial charge in [-0.05, 0) is 37.5 Å². The predicted molar refractivity (Wildman–Crippen MR) is 52.4 cm³/mol. The summed E-state index contributed by atoms with van der Waals surface area (Å²) in [6.45, 7) is 4.00. The molecule has 0 amide bonds. The largest absolute Gasteiger partial charge is 0.417 e. The Labute approximate surface area is 88.7 Å². The van der Waals surface area contributed by atoms with Crippen LogP contribution in [0.5, 0.6) is 0 Å². The molecule has 1 aliphatic carbocycles. The molecule has 0 aromatic rings. The van der Waals surface area contributed by atoms with E-state index in [1.165, 1.54) is 0 Å². The Morgan fingerprint density at radius 1 is 1.40 bits per heavy atom. The molecule has 0 bridgehead atoms. The summed E-state index contributed by atoms with van der Waals surface area (Å²) in [5.74, 6) is 0.413. The monoisotopic (exact) mass is 224 g/mol. The first-order chi connectivity index (χ1) is 6.74. The van der Waals surface area contributed by atoms with Gasteiger partial charge < -0.3 is 5.11 Å². The van der Waals surface area contributed by atoms with Crippen molar-refractivity contribution in [2.45, 2.75) is 57.7 Å². The molecule has 0 heterocycles. The molecule has 4 heteroatoms. The summed E-state index contributed by atoms with van der Waals surface area (Å²) in [6.07, 6.45) is -2.65. The Kier molecular flexibility index (Phi) is 3.69. The standard InChI is InChI=1S/C11H19F3O/c1-8(2)6-9-4-3-5-10(15,7-9)11(12,13)14/h8-9,15H,3-7H2,1-2H3. The molecule has 1 nitrogen and oxygen atoms in total. The molecule has 0 radical (unpaired) electrons. The molecular weight excluding hydrogens is 205 g/mol. The minimum absolute atomic E-state index is 0.0189. The molecular formula is C11H19F3O. The van der Waals surface area contributed by atoms with Crippen LogP contribution in [0.4, 0.5) is 13.2 Å². The highest BCUT2D eigenvalue weighted by Gasteiger charge is 2.55. The van der Waals surface area contributed by atoms with Gasteiger partial charge in [-0.2, -0.15) is 13.2 Å². The number of halogens is 3. The lowest BCUT2D eigenvalue weighted by Crippen LogP contribution is -2.48. The Bertz CT molecular complexity index is 212. The maximum absolute atomic E-state index is 12.6. The summed E-state index contributed by atoms with van der Waals surface area (Å²) in [4.78, 5) is 0. The van der Waals surface area contributed by atoms with Gasteiger partial charge in [0.2, 0.25) is 0 Å². The van der Waals surface area contributed by atoms with Gasteiger partial charge in [0, 0.05) is 0 Å². The normalized spacial score (nSPS) is 33.4. The molecule has 2 unspecified atom stereocenters. The van der Waals surface area contributed by atoms with E-state index in [9.17, 15) is 18.3 Å². The number of rotatable bonds is 2. The van der Waals surface area contributed by atoms with E-state index in [-0.39, 0.29) is 18.8 Å². The molecule has 2 atom stereocenters. The van der Waals surface area contributed by atoms with Gasteiger partial charge in [0.05, 0.1) is 0 Å². The van der Waals surface area contributed by atoms with Crippen LogP contribution >= 0.6 is 0 Å². The van der Waals surface area contributed by atoms with Crippen LogP contribution in [0.15, 0.2) is 0 Å². The third-order valence-corrected chi connectivity index (χ3v) is 3.16. The maximum Gasteiger partial charge on any atom is 0.417 e. The fraction of sp³-hybridized carbons (Fsp3) is 1.00. The summed E-state index contributed by atoms with van der Waals surface area (Å²) >= 11 is 0. The van der Waals surface area contributed by atoms with Gasteiger partial charge in [0.25, 0.3) is 0 Å². The molecule has 0 saturated heterocycles. The predicted octanol–water partition coefficient (Wildman–Crippen LogP) is 3.52. The van der Waals surface area contributed by atoms with Crippen LogP contribution < -0.4 is 0 Å². The van der Waals surface area contributed by atoms with E-state index in [1.54, 1.807) is 0 Å². The third kappa shape index (κ3) is 3.10. The molecule has 1 aliphatic rings. The second kappa shape index (κ2) is 4.32. The zero-order valence-electron chi connectivity index (χ0n) is 9.27. The van der Waals surface area contributed by atoms with E-state index in [2.05, 4.69) is 0 Å². The molecule has 1 fully saturated rings. The van der Waals surface area contributed by atoms with Crippen LogP contribution in [0.1, 0.15) is 46.0 Å². The second-order valence-corrected chi connectivity index (χ2v) is 5.12. The summed E-state index contributed by atoms with van der Waals surface area (Å²) in [5, 5.41) is 9.57.